The van der Waals surface area contributed by atoms with Crippen molar-refractivity contribution in [2.24, 2.45) is 0 Å². The molecule has 0 saturated carbocycles. The number of hydrogen-bond donors (Lipinski definition) is 1. The van der Waals surface area contributed by atoms with E-state index in [0.717, 1.165) is 5.75 Å². The Hall–Kier alpha value is -0.860. The third kappa shape index (κ3) is 2.91. The van der Waals surface area contributed by atoms with Crippen molar-refractivity contribution < 1.29 is 17.9 Å². The number of halogens is 1. The van der Waals surface area contributed by atoms with Crippen LogP contribution in [0.3, 0.4) is 0 Å². The maximum Gasteiger partial charge on any atom is 0.171 e. The second-order valence-corrected chi connectivity index (χ2v) is 8.04. The van der Waals surface area contributed by atoms with Gasteiger partial charge in [0.15, 0.2) is 21.5 Å². The maximum absolute atomic E-state index is 14.3. The van der Waals surface area contributed by atoms with Crippen molar-refractivity contribution in [2.75, 3.05) is 28.7 Å². The van der Waals surface area contributed by atoms with Gasteiger partial charge in [0.1, 0.15) is 5.37 Å². The standard InChI is InChI=1S/C12H17FN2O3S2/c1-2-20(17,18)10-8-19-6-5-15(10)12-11(13)9(7-16)3-4-14-12/h3-4,10,16H,2,5-8H2,1H3. The molecule has 1 aliphatic heterocycles. The van der Waals surface area contributed by atoms with Crippen LogP contribution in [0.2, 0.25) is 0 Å². The Labute approximate surface area is 122 Å². The van der Waals surface area contributed by atoms with E-state index in [4.69, 9.17) is 5.11 Å². The number of thioether (sulfide) groups is 1. The highest BCUT2D eigenvalue weighted by atomic mass is 32.2. The number of aliphatic hydroxyl groups is 1. The highest BCUT2D eigenvalue weighted by molar-refractivity contribution is 8.01. The monoisotopic (exact) mass is 320 g/mol. The average molecular weight is 320 g/mol. The van der Waals surface area contributed by atoms with Crippen molar-refractivity contribution in [1.29, 1.82) is 0 Å². The summed E-state index contributed by atoms with van der Waals surface area (Å²) in [6.07, 6.45) is 1.39. The van der Waals surface area contributed by atoms with Crippen molar-refractivity contribution in [3.05, 3.63) is 23.6 Å². The van der Waals surface area contributed by atoms with Crippen LogP contribution in [0.15, 0.2) is 12.3 Å². The molecular formula is C12H17FN2O3S2. The zero-order valence-electron chi connectivity index (χ0n) is 11.1. The molecule has 1 fully saturated rings. The van der Waals surface area contributed by atoms with Gasteiger partial charge in [-0.1, -0.05) is 6.92 Å². The Morgan fingerprint density at radius 3 is 3.00 bits per heavy atom. The summed E-state index contributed by atoms with van der Waals surface area (Å²) < 4.78 is 38.6. The Morgan fingerprint density at radius 2 is 2.35 bits per heavy atom. The SMILES string of the molecule is CCS(=O)(=O)C1CSCCN1c1nccc(CO)c1F. The lowest BCUT2D eigenvalue weighted by Crippen LogP contribution is -2.48. The van der Waals surface area contributed by atoms with Crippen LogP contribution >= 0.6 is 11.8 Å². The molecule has 0 aliphatic carbocycles. The summed E-state index contributed by atoms with van der Waals surface area (Å²) in [6.45, 7) is 1.57. The van der Waals surface area contributed by atoms with E-state index in [1.165, 1.54) is 28.9 Å². The molecule has 0 spiro atoms. The fourth-order valence-corrected chi connectivity index (χ4v) is 5.08. The van der Waals surface area contributed by atoms with Crippen LogP contribution in [-0.4, -0.2) is 47.7 Å². The molecule has 1 aliphatic rings. The van der Waals surface area contributed by atoms with Crippen LogP contribution in [0.5, 0.6) is 0 Å². The first kappa shape index (κ1) is 15.5. The Balaban J connectivity index is 2.43. The molecule has 1 aromatic rings. The van der Waals surface area contributed by atoms with Crippen molar-refractivity contribution in [2.45, 2.75) is 18.9 Å². The predicted molar refractivity (Wildman–Crippen MR) is 78.0 cm³/mol. The molecule has 8 heteroatoms. The van der Waals surface area contributed by atoms with Gasteiger partial charge in [-0.15, -0.1) is 0 Å². The lowest BCUT2D eigenvalue weighted by Gasteiger charge is -2.35. The van der Waals surface area contributed by atoms with E-state index in [2.05, 4.69) is 4.98 Å². The number of aliphatic hydroxyl groups excluding tert-OH is 1. The van der Waals surface area contributed by atoms with Crippen LogP contribution in [0.4, 0.5) is 10.2 Å². The molecule has 0 bridgehead atoms. The number of pyridine rings is 1. The van der Waals surface area contributed by atoms with Crippen LogP contribution in [0.25, 0.3) is 0 Å². The van der Waals surface area contributed by atoms with E-state index in [9.17, 15) is 12.8 Å². The average Bonchev–Trinajstić information content (AvgIpc) is 2.47. The zero-order chi connectivity index (χ0) is 14.8. The second kappa shape index (κ2) is 6.28. The van der Waals surface area contributed by atoms with Crippen LogP contribution in [-0.2, 0) is 16.4 Å². The van der Waals surface area contributed by atoms with Gasteiger partial charge >= 0.3 is 0 Å². The van der Waals surface area contributed by atoms with Gasteiger partial charge in [-0.2, -0.15) is 11.8 Å². The summed E-state index contributed by atoms with van der Waals surface area (Å²) in [5.41, 5.74) is 0.126. The number of hydrogen-bond acceptors (Lipinski definition) is 6. The Kier molecular flexibility index (Phi) is 4.87. The quantitative estimate of drug-likeness (QED) is 0.893. The van der Waals surface area contributed by atoms with Gasteiger partial charge in [0.2, 0.25) is 0 Å². The van der Waals surface area contributed by atoms with Gasteiger partial charge in [-0.25, -0.2) is 17.8 Å². The Morgan fingerprint density at radius 1 is 1.60 bits per heavy atom. The van der Waals surface area contributed by atoms with E-state index in [-0.39, 0.29) is 17.1 Å². The van der Waals surface area contributed by atoms with E-state index in [1.54, 1.807) is 6.92 Å². The van der Waals surface area contributed by atoms with Crippen molar-refractivity contribution in [3.8, 4) is 0 Å². The number of rotatable bonds is 4. The van der Waals surface area contributed by atoms with Gasteiger partial charge in [0.25, 0.3) is 0 Å². The molecule has 1 saturated heterocycles. The molecular weight excluding hydrogens is 303 g/mol. The highest BCUT2D eigenvalue weighted by Crippen LogP contribution is 2.28. The first-order valence-corrected chi connectivity index (χ1v) is 9.18. The minimum absolute atomic E-state index is 0.00996. The molecule has 2 heterocycles. The molecule has 1 unspecified atom stereocenters. The summed E-state index contributed by atoms with van der Waals surface area (Å²) in [5.74, 6) is 0.508. The molecule has 0 aromatic carbocycles. The molecule has 20 heavy (non-hydrogen) atoms. The number of sulfone groups is 1. The van der Waals surface area contributed by atoms with E-state index in [1.807, 2.05) is 0 Å². The number of anilines is 1. The fraction of sp³-hybridized carbons (Fsp3) is 0.583. The normalized spacial score (nSPS) is 20.1. The van der Waals surface area contributed by atoms with E-state index < -0.39 is 27.6 Å². The Bertz CT molecular complexity index is 580. The van der Waals surface area contributed by atoms with Crippen LogP contribution in [0.1, 0.15) is 12.5 Å². The van der Waals surface area contributed by atoms with Crippen molar-refractivity contribution in [3.63, 3.8) is 0 Å². The predicted octanol–water partition coefficient (Wildman–Crippen LogP) is 1.03. The van der Waals surface area contributed by atoms with E-state index >= 15 is 0 Å². The van der Waals surface area contributed by atoms with E-state index in [0.29, 0.717) is 12.3 Å². The summed E-state index contributed by atoms with van der Waals surface area (Å²) >= 11 is 1.54. The zero-order valence-corrected chi connectivity index (χ0v) is 12.8. The topological polar surface area (TPSA) is 70.5 Å². The minimum Gasteiger partial charge on any atom is -0.392 e. The van der Waals surface area contributed by atoms with Crippen LogP contribution in [0, 0.1) is 5.82 Å². The molecule has 0 radical (unpaired) electrons. The first-order valence-electron chi connectivity index (χ1n) is 6.31. The van der Waals surface area contributed by atoms with Gasteiger partial charge in [-0.3, -0.25) is 0 Å². The van der Waals surface area contributed by atoms with Gasteiger partial charge < -0.3 is 10.0 Å². The molecule has 1 aromatic heterocycles. The summed E-state index contributed by atoms with van der Waals surface area (Å²) in [4.78, 5) is 5.48. The third-order valence-corrected chi connectivity index (χ3v) is 6.58. The van der Waals surface area contributed by atoms with Crippen molar-refractivity contribution >= 4 is 27.4 Å². The second-order valence-electron chi connectivity index (χ2n) is 4.44. The molecule has 1 atom stereocenters. The van der Waals surface area contributed by atoms with Gasteiger partial charge in [0, 0.05) is 35.6 Å². The van der Waals surface area contributed by atoms with Crippen LogP contribution < -0.4 is 4.90 Å². The van der Waals surface area contributed by atoms with Gasteiger partial charge in [-0.05, 0) is 6.07 Å². The lowest BCUT2D eigenvalue weighted by atomic mass is 10.2. The largest absolute Gasteiger partial charge is 0.392 e. The summed E-state index contributed by atoms with van der Waals surface area (Å²) in [7, 11) is -3.32. The number of aromatic nitrogens is 1. The molecule has 0 amide bonds. The van der Waals surface area contributed by atoms with Crippen molar-refractivity contribution in [1.82, 2.24) is 4.98 Å². The molecule has 5 nitrogen and oxygen atoms in total. The molecule has 2 rings (SSSR count). The number of nitrogens with zero attached hydrogens (tertiary/aromatic N) is 2. The first-order chi connectivity index (χ1) is 9.51. The lowest BCUT2D eigenvalue weighted by molar-refractivity contribution is 0.275. The fourth-order valence-electron chi connectivity index (χ4n) is 2.11. The highest BCUT2D eigenvalue weighted by Gasteiger charge is 2.35. The summed E-state index contributed by atoms with van der Waals surface area (Å²) in [5, 5.41) is 8.34. The van der Waals surface area contributed by atoms with Gasteiger partial charge in [0.05, 0.1) is 6.61 Å². The maximum atomic E-state index is 14.3. The molecule has 112 valence electrons. The third-order valence-electron chi connectivity index (χ3n) is 3.29. The molecule has 1 N–H and O–H groups in total. The smallest absolute Gasteiger partial charge is 0.171 e. The minimum atomic E-state index is -3.32. The summed E-state index contributed by atoms with van der Waals surface area (Å²) in [6, 6.07) is 1.39.